The van der Waals surface area contributed by atoms with Crippen LogP contribution in [0, 0.1) is 0 Å². The van der Waals surface area contributed by atoms with Gasteiger partial charge in [0.05, 0.1) is 17.1 Å². The molecule has 1 aliphatic rings. The monoisotopic (exact) mass is 311 g/mol. The summed E-state index contributed by atoms with van der Waals surface area (Å²) in [7, 11) is -3.56. The minimum Gasteiger partial charge on any atom is -0.462 e. The first-order valence-electron chi connectivity index (χ1n) is 7.26. The standard InChI is InChI=1S/C15H21NO4S/c1-3-20-15(17)13-8-6-9-14(11-13)21(18,19)16-10-5-4-7-12(16)2/h6,8-9,11-12H,3-5,7,10H2,1-2H3. The van der Waals surface area contributed by atoms with Gasteiger partial charge < -0.3 is 4.74 Å². The number of carbonyl (C=O) groups excluding carboxylic acids is 1. The van der Waals surface area contributed by atoms with E-state index in [2.05, 4.69) is 0 Å². The number of sulfonamides is 1. The van der Waals surface area contributed by atoms with Crippen molar-refractivity contribution in [2.24, 2.45) is 0 Å². The van der Waals surface area contributed by atoms with Crippen LogP contribution in [0.4, 0.5) is 0 Å². The lowest BCUT2D eigenvalue weighted by Crippen LogP contribution is -2.41. The van der Waals surface area contributed by atoms with E-state index in [1.807, 2.05) is 6.92 Å². The van der Waals surface area contributed by atoms with Crippen LogP contribution < -0.4 is 0 Å². The van der Waals surface area contributed by atoms with Crippen LogP contribution in [0.3, 0.4) is 0 Å². The fraction of sp³-hybridized carbons (Fsp3) is 0.533. The maximum Gasteiger partial charge on any atom is 0.338 e. The average molecular weight is 311 g/mol. The Morgan fingerprint density at radius 1 is 1.38 bits per heavy atom. The molecule has 1 saturated heterocycles. The van der Waals surface area contributed by atoms with Crippen molar-refractivity contribution >= 4 is 16.0 Å². The summed E-state index contributed by atoms with van der Waals surface area (Å²) in [4.78, 5) is 11.9. The SMILES string of the molecule is CCOC(=O)c1cccc(S(=O)(=O)N2CCCCC2C)c1. The number of esters is 1. The molecule has 0 amide bonds. The number of benzene rings is 1. The lowest BCUT2D eigenvalue weighted by molar-refractivity contribution is 0.0526. The number of hydrogen-bond acceptors (Lipinski definition) is 4. The van der Waals surface area contributed by atoms with Crippen LogP contribution in [0.2, 0.25) is 0 Å². The first-order valence-corrected chi connectivity index (χ1v) is 8.70. The molecule has 0 radical (unpaired) electrons. The Bertz CT molecular complexity index is 612. The largest absolute Gasteiger partial charge is 0.462 e. The second-order valence-corrected chi connectivity index (χ2v) is 7.10. The van der Waals surface area contributed by atoms with Crippen LogP contribution in [0.5, 0.6) is 0 Å². The molecule has 116 valence electrons. The van der Waals surface area contributed by atoms with Gasteiger partial charge in [0.25, 0.3) is 0 Å². The molecule has 0 N–H and O–H groups in total. The van der Waals surface area contributed by atoms with Gasteiger partial charge in [-0.3, -0.25) is 0 Å². The van der Waals surface area contributed by atoms with E-state index in [0.29, 0.717) is 6.54 Å². The average Bonchev–Trinajstić information content (AvgIpc) is 2.48. The molecule has 0 bridgehead atoms. The molecule has 1 unspecified atom stereocenters. The van der Waals surface area contributed by atoms with Crippen molar-refractivity contribution in [2.45, 2.75) is 44.0 Å². The molecule has 5 nitrogen and oxygen atoms in total. The molecule has 0 saturated carbocycles. The van der Waals surface area contributed by atoms with E-state index in [1.54, 1.807) is 19.1 Å². The van der Waals surface area contributed by atoms with Crippen LogP contribution in [-0.4, -0.2) is 37.9 Å². The lowest BCUT2D eigenvalue weighted by Gasteiger charge is -2.32. The van der Waals surface area contributed by atoms with Crippen LogP contribution >= 0.6 is 0 Å². The highest BCUT2D eigenvalue weighted by Crippen LogP contribution is 2.25. The Kier molecular flexibility index (Phi) is 5.00. The maximum atomic E-state index is 12.7. The molecule has 0 aromatic heterocycles. The Morgan fingerprint density at radius 3 is 2.81 bits per heavy atom. The quantitative estimate of drug-likeness (QED) is 0.801. The Morgan fingerprint density at radius 2 is 2.14 bits per heavy atom. The lowest BCUT2D eigenvalue weighted by atomic mass is 10.1. The van der Waals surface area contributed by atoms with Gasteiger partial charge in [-0.25, -0.2) is 13.2 Å². The zero-order valence-electron chi connectivity index (χ0n) is 12.4. The highest BCUT2D eigenvalue weighted by molar-refractivity contribution is 7.89. The van der Waals surface area contributed by atoms with Gasteiger partial charge in [0.2, 0.25) is 10.0 Å². The molecule has 1 heterocycles. The van der Waals surface area contributed by atoms with Crippen molar-refractivity contribution in [1.29, 1.82) is 0 Å². The van der Waals surface area contributed by atoms with Gasteiger partial charge in [-0.1, -0.05) is 12.5 Å². The van der Waals surface area contributed by atoms with E-state index in [0.717, 1.165) is 19.3 Å². The van der Waals surface area contributed by atoms with Gasteiger partial charge in [0, 0.05) is 12.6 Å². The van der Waals surface area contributed by atoms with Gasteiger partial charge in [-0.05, 0) is 44.9 Å². The third-order valence-corrected chi connectivity index (χ3v) is 5.70. The van der Waals surface area contributed by atoms with E-state index in [9.17, 15) is 13.2 Å². The number of hydrogen-bond donors (Lipinski definition) is 0. The Labute approximate surface area is 126 Å². The number of rotatable bonds is 4. The molecule has 21 heavy (non-hydrogen) atoms. The third-order valence-electron chi connectivity index (χ3n) is 3.69. The summed E-state index contributed by atoms with van der Waals surface area (Å²) >= 11 is 0. The number of carbonyl (C=O) groups is 1. The van der Waals surface area contributed by atoms with Gasteiger partial charge in [0.1, 0.15) is 0 Å². The molecule has 0 spiro atoms. The first-order chi connectivity index (χ1) is 9.96. The molecule has 6 heteroatoms. The minimum absolute atomic E-state index is 0.00463. The second kappa shape index (κ2) is 6.58. The summed E-state index contributed by atoms with van der Waals surface area (Å²) in [6, 6.07) is 6.06. The zero-order chi connectivity index (χ0) is 15.5. The fourth-order valence-electron chi connectivity index (χ4n) is 2.56. The number of piperidine rings is 1. The maximum absolute atomic E-state index is 12.7. The topological polar surface area (TPSA) is 63.7 Å². The van der Waals surface area contributed by atoms with Crippen molar-refractivity contribution in [3.63, 3.8) is 0 Å². The highest BCUT2D eigenvalue weighted by Gasteiger charge is 2.31. The summed E-state index contributed by atoms with van der Waals surface area (Å²) in [5.74, 6) is -0.499. The predicted molar refractivity (Wildman–Crippen MR) is 79.6 cm³/mol. The van der Waals surface area contributed by atoms with Crippen molar-refractivity contribution in [3.05, 3.63) is 29.8 Å². The molecular formula is C15H21NO4S. The smallest absolute Gasteiger partial charge is 0.338 e. The van der Waals surface area contributed by atoms with Crippen molar-refractivity contribution in [1.82, 2.24) is 4.31 Å². The number of ether oxygens (including phenoxy) is 1. The van der Waals surface area contributed by atoms with Gasteiger partial charge in [0.15, 0.2) is 0 Å². The Hall–Kier alpha value is -1.40. The molecule has 1 aromatic rings. The van der Waals surface area contributed by atoms with Gasteiger partial charge in [-0.2, -0.15) is 4.31 Å². The summed E-state index contributed by atoms with van der Waals surface area (Å²) < 4.78 is 31.9. The van der Waals surface area contributed by atoms with E-state index < -0.39 is 16.0 Å². The van der Waals surface area contributed by atoms with Crippen LogP contribution in [-0.2, 0) is 14.8 Å². The minimum atomic E-state index is -3.56. The molecule has 1 aromatic carbocycles. The van der Waals surface area contributed by atoms with E-state index in [-0.39, 0.29) is 23.1 Å². The molecule has 1 atom stereocenters. The normalized spacial score (nSPS) is 20.2. The first kappa shape index (κ1) is 16.0. The summed E-state index contributed by atoms with van der Waals surface area (Å²) in [5, 5.41) is 0. The zero-order valence-corrected chi connectivity index (χ0v) is 13.2. The summed E-state index contributed by atoms with van der Waals surface area (Å²) in [6.07, 6.45) is 2.80. The van der Waals surface area contributed by atoms with Crippen molar-refractivity contribution in [2.75, 3.05) is 13.2 Å². The molecule has 0 aliphatic carbocycles. The van der Waals surface area contributed by atoms with Crippen LogP contribution in [0.25, 0.3) is 0 Å². The van der Waals surface area contributed by atoms with Crippen molar-refractivity contribution < 1.29 is 17.9 Å². The second-order valence-electron chi connectivity index (χ2n) is 5.21. The fourth-order valence-corrected chi connectivity index (χ4v) is 4.31. The third kappa shape index (κ3) is 3.44. The van der Waals surface area contributed by atoms with Crippen LogP contribution in [0.1, 0.15) is 43.5 Å². The van der Waals surface area contributed by atoms with E-state index in [4.69, 9.17) is 4.74 Å². The van der Waals surface area contributed by atoms with E-state index >= 15 is 0 Å². The molecule has 1 fully saturated rings. The predicted octanol–water partition coefficient (Wildman–Crippen LogP) is 2.43. The molecule has 2 rings (SSSR count). The van der Waals surface area contributed by atoms with E-state index in [1.165, 1.54) is 16.4 Å². The summed E-state index contributed by atoms with van der Waals surface area (Å²) in [5.41, 5.74) is 0.266. The van der Waals surface area contributed by atoms with Crippen LogP contribution in [0.15, 0.2) is 29.2 Å². The van der Waals surface area contributed by atoms with Gasteiger partial charge in [-0.15, -0.1) is 0 Å². The van der Waals surface area contributed by atoms with Crippen molar-refractivity contribution in [3.8, 4) is 0 Å². The highest BCUT2D eigenvalue weighted by atomic mass is 32.2. The number of nitrogens with zero attached hydrogens (tertiary/aromatic N) is 1. The van der Waals surface area contributed by atoms with Gasteiger partial charge >= 0.3 is 5.97 Å². The molecule has 1 aliphatic heterocycles. The summed E-state index contributed by atoms with van der Waals surface area (Å²) in [6.45, 7) is 4.44. The molecular weight excluding hydrogens is 290 g/mol. The Balaban J connectivity index is 2.32.